The van der Waals surface area contributed by atoms with E-state index >= 15 is 0 Å². The number of aryl methyl sites for hydroxylation is 1. The number of nitriles is 1. The maximum Gasteiger partial charge on any atom is 0.263 e. The van der Waals surface area contributed by atoms with Gasteiger partial charge in [-0.05, 0) is 70.5 Å². The molecule has 4 rings (SSSR count). The summed E-state index contributed by atoms with van der Waals surface area (Å²) in [6.45, 7) is 7.27. The van der Waals surface area contributed by atoms with Gasteiger partial charge in [0, 0.05) is 30.7 Å². The SMILES string of the molecule is CN(SC1(COc2nccc3cc(C(=O)NCc4ccc(C#N)cc4)c(=O)n(C)c23)CC1)C(C)(C)C. The maximum atomic E-state index is 13.1. The second-order valence-electron chi connectivity index (χ2n) is 10.2. The topological polar surface area (TPSA) is 100 Å². The summed E-state index contributed by atoms with van der Waals surface area (Å²) >= 11 is 1.81. The molecule has 36 heavy (non-hydrogen) atoms. The van der Waals surface area contributed by atoms with Crippen LogP contribution in [-0.4, -0.2) is 43.7 Å². The number of carbonyl (C=O) groups excluding carboxylic acids is 1. The number of rotatable bonds is 8. The minimum Gasteiger partial charge on any atom is -0.475 e. The minimum atomic E-state index is -0.459. The van der Waals surface area contributed by atoms with E-state index in [1.807, 2.05) is 11.9 Å². The van der Waals surface area contributed by atoms with E-state index in [9.17, 15) is 9.59 Å². The fourth-order valence-electron chi connectivity index (χ4n) is 3.67. The van der Waals surface area contributed by atoms with Gasteiger partial charge in [0.15, 0.2) is 0 Å². The lowest BCUT2D eigenvalue weighted by atomic mass is 10.1. The van der Waals surface area contributed by atoms with Gasteiger partial charge >= 0.3 is 0 Å². The zero-order chi connectivity index (χ0) is 26.1. The summed E-state index contributed by atoms with van der Waals surface area (Å²) in [4.78, 5) is 30.4. The van der Waals surface area contributed by atoms with Gasteiger partial charge in [0.05, 0.1) is 16.4 Å². The largest absolute Gasteiger partial charge is 0.475 e. The molecule has 1 saturated carbocycles. The number of nitrogens with zero attached hydrogens (tertiary/aromatic N) is 4. The normalized spacial score (nSPS) is 14.5. The molecule has 0 saturated heterocycles. The molecule has 1 fully saturated rings. The number of fused-ring (bicyclic) bond motifs is 1. The van der Waals surface area contributed by atoms with Crippen molar-refractivity contribution in [3.05, 3.63) is 69.6 Å². The quantitative estimate of drug-likeness (QED) is 0.462. The molecule has 1 aromatic carbocycles. The van der Waals surface area contributed by atoms with Crippen molar-refractivity contribution in [2.24, 2.45) is 7.05 Å². The van der Waals surface area contributed by atoms with Crippen molar-refractivity contribution in [3.8, 4) is 11.9 Å². The summed E-state index contributed by atoms with van der Waals surface area (Å²) in [6, 6.07) is 12.4. The van der Waals surface area contributed by atoms with Gasteiger partial charge in [-0.2, -0.15) is 5.26 Å². The second-order valence-corrected chi connectivity index (χ2v) is 11.8. The van der Waals surface area contributed by atoms with Gasteiger partial charge < -0.3 is 14.6 Å². The molecule has 0 bridgehead atoms. The molecule has 2 aromatic heterocycles. The van der Waals surface area contributed by atoms with Gasteiger partial charge in [-0.25, -0.2) is 9.29 Å². The summed E-state index contributed by atoms with van der Waals surface area (Å²) < 4.78 is 9.88. The predicted molar refractivity (Wildman–Crippen MR) is 142 cm³/mol. The van der Waals surface area contributed by atoms with Crippen LogP contribution >= 0.6 is 11.9 Å². The Morgan fingerprint density at radius 2 is 1.97 bits per heavy atom. The molecule has 0 unspecified atom stereocenters. The number of amides is 1. The zero-order valence-electron chi connectivity index (χ0n) is 21.3. The maximum absolute atomic E-state index is 13.1. The van der Waals surface area contributed by atoms with Crippen LogP contribution in [0.3, 0.4) is 0 Å². The Bertz CT molecular complexity index is 1380. The van der Waals surface area contributed by atoms with Crippen LogP contribution in [0.2, 0.25) is 0 Å². The summed E-state index contributed by atoms with van der Waals surface area (Å²) in [5, 5.41) is 12.4. The van der Waals surface area contributed by atoms with Crippen molar-refractivity contribution in [1.29, 1.82) is 5.26 Å². The van der Waals surface area contributed by atoms with Gasteiger partial charge in [0.2, 0.25) is 5.88 Å². The number of nitrogens with one attached hydrogen (secondary N) is 1. The number of carbonyl (C=O) groups is 1. The molecule has 0 spiro atoms. The summed E-state index contributed by atoms with van der Waals surface area (Å²) in [7, 11) is 3.73. The van der Waals surface area contributed by atoms with Gasteiger partial charge in [-0.1, -0.05) is 24.1 Å². The Morgan fingerprint density at radius 1 is 1.28 bits per heavy atom. The Labute approximate surface area is 215 Å². The number of ether oxygens (including phenoxy) is 1. The number of hydrogen-bond acceptors (Lipinski definition) is 7. The fourth-order valence-corrected chi connectivity index (χ4v) is 4.92. The Hall–Kier alpha value is -3.35. The van der Waals surface area contributed by atoms with Crippen LogP contribution in [0.25, 0.3) is 10.9 Å². The molecule has 1 aliphatic carbocycles. The lowest BCUT2D eigenvalue weighted by Crippen LogP contribution is -2.36. The van der Waals surface area contributed by atoms with Crippen LogP contribution in [-0.2, 0) is 13.6 Å². The highest BCUT2D eigenvalue weighted by Gasteiger charge is 2.47. The van der Waals surface area contributed by atoms with Gasteiger partial charge in [-0.3, -0.25) is 9.59 Å². The molecule has 8 nitrogen and oxygen atoms in total. The number of pyridine rings is 2. The van der Waals surface area contributed by atoms with E-state index in [1.54, 1.807) is 49.6 Å². The number of benzene rings is 1. The molecule has 2 heterocycles. The molecule has 0 atom stereocenters. The van der Waals surface area contributed by atoms with Gasteiger partial charge in [0.1, 0.15) is 17.7 Å². The molecular formula is C27H31N5O3S. The molecule has 1 aliphatic rings. The van der Waals surface area contributed by atoms with E-state index in [4.69, 9.17) is 10.00 Å². The third kappa shape index (κ3) is 5.55. The third-order valence-corrected chi connectivity index (χ3v) is 8.16. The molecule has 1 amide bonds. The van der Waals surface area contributed by atoms with Crippen molar-refractivity contribution in [3.63, 3.8) is 0 Å². The van der Waals surface area contributed by atoms with Crippen LogP contribution < -0.4 is 15.6 Å². The molecule has 0 radical (unpaired) electrons. The summed E-state index contributed by atoms with van der Waals surface area (Å²) in [6.07, 6.45) is 3.76. The standard InChI is InChI=1S/C27H31N5O3S/c1-26(2,3)32(5)36-27(11-12-27)17-35-24-22-20(10-13-29-24)14-21(25(34)31(22)4)23(33)30-16-19-8-6-18(15-28)7-9-19/h6-10,13-14H,11-12,16-17H2,1-5H3,(H,30,33). The van der Waals surface area contributed by atoms with Crippen molar-refractivity contribution < 1.29 is 9.53 Å². The summed E-state index contributed by atoms with van der Waals surface area (Å²) in [5.74, 6) is -0.0679. The Balaban J connectivity index is 1.51. The Morgan fingerprint density at radius 3 is 2.58 bits per heavy atom. The number of hydrogen-bond donors (Lipinski definition) is 1. The van der Waals surface area contributed by atoms with Crippen LogP contribution in [0.1, 0.15) is 55.1 Å². The highest BCUT2D eigenvalue weighted by Crippen LogP contribution is 2.51. The molecule has 9 heteroatoms. The van der Waals surface area contributed by atoms with E-state index in [1.165, 1.54) is 4.57 Å². The van der Waals surface area contributed by atoms with E-state index < -0.39 is 11.5 Å². The molecular weight excluding hydrogens is 474 g/mol. The number of aromatic nitrogens is 2. The highest BCUT2D eigenvalue weighted by molar-refractivity contribution is 7.98. The highest BCUT2D eigenvalue weighted by atomic mass is 32.2. The minimum absolute atomic E-state index is 0.00993. The first-order valence-electron chi connectivity index (χ1n) is 11.8. The van der Waals surface area contributed by atoms with E-state index in [-0.39, 0.29) is 22.4 Å². The Kier molecular flexibility index (Phi) is 7.12. The first-order chi connectivity index (χ1) is 17.0. The first kappa shape index (κ1) is 25.7. The predicted octanol–water partition coefficient (Wildman–Crippen LogP) is 4.03. The zero-order valence-corrected chi connectivity index (χ0v) is 22.1. The molecule has 1 N–H and O–H groups in total. The van der Waals surface area contributed by atoms with Crippen LogP contribution in [0, 0.1) is 11.3 Å². The molecule has 188 valence electrons. The molecule has 0 aliphatic heterocycles. The molecule has 3 aromatic rings. The van der Waals surface area contributed by atoms with Gasteiger partial charge in [-0.15, -0.1) is 0 Å². The van der Waals surface area contributed by atoms with Crippen molar-refractivity contribution in [1.82, 2.24) is 19.2 Å². The average molecular weight is 506 g/mol. The first-order valence-corrected chi connectivity index (χ1v) is 12.6. The van der Waals surface area contributed by atoms with Crippen LogP contribution in [0.5, 0.6) is 5.88 Å². The fraction of sp³-hybridized carbons (Fsp3) is 0.407. The van der Waals surface area contributed by atoms with E-state index in [0.29, 0.717) is 29.0 Å². The van der Waals surface area contributed by atoms with Crippen molar-refractivity contribution >= 4 is 28.8 Å². The lowest BCUT2D eigenvalue weighted by Gasteiger charge is -2.33. The summed E-state index contributed by atoms with van der Waals surface area (Å²) in [5.41, 5.74) is 1.63. The van der Waals surface area contributed by atoms with E-state index in [2.05, 4.69) is 48.5 Å². The van der Waals surface area contributed by atoms with Crippen molar-refractivity contribution in [2.45, 2.75) is 50.4 Å². The second kappa shape index (κ2) is 9.96. The third-order valence-electron chi connectivity index (χ3n) is 6.43. The smallest absolute Gasteiger partial charge is 0.263 e. The van der Waals surface area contributed by atoms with Crippen LogP contribution in [0.15, 0.2) is 47.4 Å². The van der Waals surface area contributed by atoms with Crippen LogP contribution in [0.4, 0.5) is 0 Å². The van der Waals surface area contributed by atoms with Crippen molar-refractivity contribution in [2.75, 3.05) is 13.7 Å². The lowest BCUT2D eigenvalue weighted by molar-refractivity contribution is 0.0949. The van der Waals surface area contributed by atoms with E-state index in [0.717, 1.165) is 18.4 Å². The van der Waals surface area contributed by atoms with Gasteiger partial charge in [0.25, 0.3) is 11.5 Å². The average Bonchev–Trinajstić information content (AvgIpc) is 3.62. The monoisotopic (exact) mass is 505 g/mol.